The number of carboxylic acid groups (broad SMARTS) is 1. The maximum absolute atomic E-state index is 11.0. The number of hydrogen-bond acceptors (Lipinski definition) is 5. The summed E-state index contributed by atoms with van der Waals surface area (Å²) in [5.41, 5.74) is 1.59. The van der Waals surface area contributed by atoms with E-state index >= 15 is 0 Å². The lowest BCUT2D eigenvalue weighted by Gasteiger charge is -2.13. The summed E-state index contributed by atoms with van der Waals surface area (Å²) in [4.78, 5) is 19.2. The Labute approximate surface area is 116 Å². The molecule has 0 aliphatic heterocycles. The van der Waals surface area contributed by atoms with Crippen LogP contribution in [0.1, 0.15) is 46.2 Å². The molecule has 2 rings (SSSR count). The van der Waals surface area contributed by atoms with Crippen LogP contribution in [0.25, 0.3) is 0 Å². The minimum Gasteiger partial charge on any atom is -0.477 e. The quantitative estimate of drug-likeness (QED) is 0.892. The molecular weight excluding hydrogens is 258 g/mol. The first kappa shape index (κ1) is 14.0. The summed E-state index contributed by atoms with van der Waals surface area (Å²) < 4.78 is 5.48. The Balaban J connectivity index is 2.25. The van der Waals surface area contributed by atoms with Gasteiger partial charge in [0.15, 0.2) is 5.69 Å². The van der Waals surface area contributed by atoms with Crippen molar-refractivity contribution in [1.29, 1.82) is 0 Å². The molecule has 0 aromatic carbocycles. The zero-order chi connectivity index (χ0) is 14.9. The van der Waals surface area contributed by atoms with Crippen LogP contribution in [0, 0.1) is 20.8 Å². The lowest BCUT2D eigenvalue weighted by Crippen LogP contribution is -2.12. The van der Waals surface area contributed by atoms with Crippen molar-refractivity contribution in [3.8, 4) is 0 Å². The van der Waals surface area contributed by atoms with Crippen molar-refractivity contribution in [2.45, 2.75) is 33.7 Å². The Morgan fingerprint density at radius 2 is 2.00 bits per heavy atom. The van der Waals surface area contributed by atoms with Crippen LogP contribution in [-0.4, -0.2) is 21.0 Å². The third-order valence-corrected chi connectivity index (χ3v) is 2.96. The molecule has 6 nitrogen and oxygen atoms in total. The summed E-state index contributed by atoms with van der Waals surface area (Å²) >= 11 is 0. The van der Waals surface area contributed by atoms with Gasteiger partial charge in [-0.25, -0.2) is 14.8 Å². The van der Waals surface area contributed by atoms with Crippen LogP contribution in [0.3, 0.4) is 0 Å². The number of aromatic nitrogens is 2. The molecule has 0 spiro atoms. The van der Waals surface area contributed by atoms with Crippen molar-refractivity contribution in [2.75, 3.05) is 5.32 Å². The standard InChI is InChI=1S/C14H17N3O3/c1-7-5-12(13(18)19)17-14(15-7)16-9(3)11-6-8(2)20-10(11)4/h5-6,9H,1-4H3,(H,18,19)(H,15,16,17). The molecule has 2 heterocycles. The predicted molar refractivity (Wildman–Crippen MR) is 73.9 cm³/mol. The molecule has 0 saturated heterocycles. The summed E-state index contributed by atoms with van der Waals surface area (Å²) in [6.07, 6.45) is 0. The molecule has 106 valence electrons. The molecule has 20 heavy (non-hydrogen) atoms. The Morgan fingerprint density at radius 3 is 2.55 bits per heavy atom. The summed E-state index contributed by atoms with van der Waals surface area (Å²) in [6.45, 7) is 7.45. The maximum atomic E-state index is 11.0. The first-order valence-electron chi connectivity index (χ1n) is 6.29. The molecular formula is C14H17N3O3. The second kappa shape index (κ2) is 5.32. The second-order valence-corrected chi connectivity index (χ2v) is 4.76. The Morgan fingerprint density at radius 1 is 1.30 bits per heavy atom. The SMILES string of the molecule is Cc1cc(C(=O)O)nc(NC(C)c2cc(C)oc2C)n1. The fourth-order valence-electron chi connectivity index (χ4n) is 2.09. The normalized spacial score (nSPS) is 12.2. The highest BCUT2D eigenvalue weighted by atomic mass is 16.4. The second-order valence-electron chi connectivity index (χ2n) is 4.76. The van der Waals surface area contributed by atoms with E-state index in [1.807, 2.05) is 26.8 Å². The van der Waals surface area contributed by atoms with Crippen LogP contribution in [0.2, 0.25) is 0 Å². The number of hydrogen-bond donors (Lipinski definition) is 2. The van der Waals surface area contributed by atoms with Gasteiger partial charge in [-0.2, -0.15) is 0 Å². The summed E-state index contributed by atoms with van der Waals surface area (Å²) in [5.74, 6) is 0.894. The van der Waals surface area contributed by atoms with Gasteiger partial charge in [-0.05, 0) is 39.8 Å². The van der Waals surface area contributed by atoms with E-state index in [9.17, 15) is 4.79 Å². The number of nitrogens with one attached hydrogen (secondary N) is 1. The van der Waals surface area contributed by atoms with E-state index in [1.165, 1.54) is 6.07 Å². The van der Waals surface area contributed by atoms with Crippen LogP contribution in [0.4, 0.5) is 5.95 Å². The molecule has 2 aromatic rings. The van der Waals surface area contributed by atoms with Crippen LogP contribution in [0.5, 0.6) is 0 Å². The van der Waals surface area contributed by atoms with Crippen molar-refractivity contribution < 1.29 is 14.3 Å². The molecule has 0 fully saturated rings. The summed E-state index contributed by atoms with van der Waals surface area (Å²) in [6, 6.07) is 3.31. The summed E-state index contributed by atoms with van der Waals surface area (Å²) in [5, 5.41) is 12.1. The van der Waals surface area contributed by atoms with Crippen molar-refractivity contribution >= 4 is 11.9 Å². The first-order valence-corrected chi connectivity index (χ1v) is 6.29. The number of furan rings is 1. The van der Waals surface area contributed by atoms with E-state index in [0.29, 0.717) is 11.6 Å². The molecule has 0 aliphatic rings. The zero-order valence-electron chi connectivity index (χ0n) is 11.9. The number of anilines is 1. The van der Waals surface area contributed by atoms with Crippen molar-refractivity contribution in [3.63, 3.8) is 0 Å². The summed E-state index contributed by atoms with van der Waals surface area (Å²) in [7, 11) is 0. The Kier molecular flexibility index (Phi) is 3.74. The van der Waals surface area contributed by atoms with Gasteiger partial charge in [-0.15, -0.1) is 0 Å². The fourth-order valence-corrected chi connectivity index (χ4v) is 2.09. The molecule has 0 saturated carbocycles. The van der Waals surface area contributed by atoms with Gasteiger partial charge in [0.2, 0.25) is 5.95 Å². The fraction of sp³-hybridized carbons (Fsp3) is 0.357. The van der Waals surface area contributed by atoms with E-state index in [2.05, 4.69) is 15.3 Å². The van der Waals surface area contributed by atoms with E-state index in [0.717, 1.165) is 17.1 Å². The Bertz CT molecular complexity index is 649. The highest BCUT2D eigenvalue weighted by molar-refractivity contribution is 5.85. The minimum absolute atomic E-state index is 0.0210. The van der Waals surface area contributed by atoms with E-state index < -0.39 is 5.97 Å². The molecule has 1 unspecified atom stereocenters. The van der Waals surface area contributed by atoms with Crippen molar-refractivity contribution in [3.05, 3.63) is 40.6 Å². The lowest BCUT2D eigenvalue weighted by molar-refractivity contribution is 0.0690. The number of nitrogens with zero attached hydrogens (tertiary/aromatic N) is 2. The lowest BCUT2D eigenvalue weighted by atomic mass is 10.1. The molecule has 0 aliphatic carbocycles. The van der Waals surface area contributed by atoms with Gasteiger partial charge in [-0.3, -0.25) is 0 Å². The molecule has 0 radical (unpaired) electrons. The average Bonchev–Trinajstić information content (AvgIpc) is 2.67. The molecule has 2 N–H and O–H groups in total. The average molecular weight is 275 g/mol. The molecule has 2 aromatic heterocycles. The van der Waals surface area contributed by atoms with Gasteiger partial charge in [0.05, 0.1) is 6.04 Å². The van der Waals surface area contributed by atoms with Gasteiger partial charge in [-0.1, -0.05) is 0 Å². The molecule has 0 amide bonds. The van der Waals surface area contributed by atoms with Crippen LogP contribution < -0.4 is 5.32 Å². The predicted octanol–water partition coefficient (Wildman–Crippen LogP) is 2.87. The van der Waals surface area contributed by atoms with Crippen LogP contribution >= 0.6 is 0 Å². The third kappa shape index (κ3) is 2.96. The van der Waals surface area contributed by atoms with Gasteiger partial charge in [0.1, 0.15) is 11.5 Å². The topological polar surface area (TPSA) is 88.2 Å². The largest absolute Gasteiger partial charge is 0.477 e. The van der Waals surface area contributed by atoms with Crippen molar-refractivity contribution in [2.24, 2.45) is 0 Å². The first-order chi connectivity index (χ1) is 9.36. The third-order valence-electron chi connectivity index (χ3n) is 2.96. The molecule has 0 bridgehead atoms. The van der Waals surface area contributed by atoms with E-state index in [4.69, 9.17) is 9.52 Å². The van der Waals surface area contributed by atoms with E-state index in [1.54, 1.807) is 6.92 Å². The highest BCUT2D eigenvalue weighted by Crippen LogP contribution is 2.23. The van der Waals surface area contributed by atoms with Crippen LogP contribution in [-0.2, 0) is 0 Å². The van der Waals surface area contributed by atoms with Gasteiger partial charge < -0.3 is 14.8 Å². The van der Waals surface area contributed by atoms with E-state index in [-0.39, 0.29) is 11.7 Å². The van der Waals surface area contributed by atoms with Gasteiger partial charge in [0, 0.05) is 11.3 Å². The number of aryl methyl sites for hydroxylation is 3. The molecule has 6 heteroatoms. The minimum atomic E-state index is -1.07. The smallest absolute Gasteiger partial charge is 0.354 e. The maximum Gasteiger partial charge on any atom is 0.354 e. The zero-order valence-corrected chi connectivity index (χ0v) is 11.9. The number of carbonyl (C=O) groups is 1. The Hall–Kier alpha value is -2.37. The van der Waals surface area contributed by atoms with Gasteiger partial charge >= 0.3 is 5.97 Å². The van der Waals surface area contributed by atoms with Crippen molar-refractivity contribution in [1.82, 2.24) is 9.97 Å². The number of rotatable bonds is 4. The monoisotopic (exact) mass is 275 g/mol. The number of aromatic carboxylic acids is 1. The number of carboxylic acids is 1. The van der Waals surface area contributed by atoms with Crippen LogP contribution in [0.15, 0.2) is 16.5 Å². The molecule has 1 atom stereocenters. The highest BCUT2D eigenvalue weighted by Gasteiger charge is 2.15. The van der Waals surface area contributed by atoms with Gasteiger partial charge in [0.25, 0.3) is 0 Å².